The maximum Gasteiger partial charge on any atom is 0.315 e. The summed E-state index contributed by atoms with van der Waals surface area (Å²) in [7, 11) is 0. The molecule has 0 unspecified atom stereocenters. The number of aliphatic hydroxyl groups excluding tert-OH is 1. The first kappa shape index (κ1) is 13.4. The van der Waals surface area contributed by atoms with E-state index in [9.17, 15) is 9.18 Å². The Morgan fingerprint density at radius 1 is 1.47 bits per heavy atom. The van der Waals surface area contributed by atoms with Gasteiger partial charge in [-0.15, -0.1) is 0 Å². The predicted molar refractivity (Wildman–Crippen MR) is 68.8 cm³/mol. The van der Waals surface area contributed by atoms with Gasteiger partial charge < -0.3 is 15.7 Å². The molecule has 0 radical (unpaired) electrons. The minimum absolute atomic E-state index is 0.110. The standard InChI is InChI=1S/C14H15FN2O2/c15-13-6-3-10(2-1-7-18)8-11(13)9-16-14(19)17-12-4-5-12/h3,6,8,12,18H,4-5,7,9H2,(H2,16,17,19). The number of rotatable bonds is 3. The van der Waals surface area contributed by atoms with Gasteiger partial charge in [-0.05, 0) is 31.0 Å². The van der Waals surface area contributed by atoms with Crippen LogP contribution in [-0.4, -0.2) is 23.8 Å². The fourth-order valence-corrected chi connectivity index (χ4v) is 1.57. The molecule has 1 fully saturated rings. The van der Waals surface area contributed by atoms with Crippen LogP contribution in [-0.2, 0) is 6.54 Å². The summed E-state index contributed by atoms with van der Waals surface area (Å²) < 4.78 is 13.5. The lowest BCUT2D eigenvalue weighted by Crippen LogP contribution is -2.36. The molecule has 1 saturated carbocycles. The van der Waals surface area contributed by atoms with E-state index in [2.05, 4.69) is 22.5 Å². The normalized spacial score (nSPS) is 13.4. The Hall–Kier alpha value is -2.06. The molecule has 1 aliphatic carbocycles. The lowest BCUT2D eigenvalue weighted by atomic mass is 10.1. The van der Waals surface area contributed by atoms with Crippen molar-refractivity contribution in [2.45, 2.75) is 25.4 Å². The van der Waals surface area contributed by atoms with Gasteiger partial charge in [-0.25, -0.2) is 9.18 Å². The lowest BCUT2D eigenvalue weighted by molar-refractivity contribution is 0.240. The average Bonchev–Trinajstić information content (AvgIpc) is 3.20. The third-order valence-electron chi connectivity index (χ3n) is 2.71. The Morgan fingerprint density at radius 3 is 2.95 bits per heavy atom. The molecule has 4 nitrogen and oxygen atoms in total. The topological polar surface area (TPSA) is 61.4 Å². The Bertz CT molecular complexity index is 530. The smallest absolute Gasteiger partial charge is 0.315 e. The van der Waals surface area contributed by atoms with Crippen molar-refractivity contribution in [3.63, 3.8) is 0 Å². The van der Waals surface area contributed by atoms with Gasteiger partial charge in [0.25, 0.3) is 0 Å². The van der Waals surface area contributed by atoms with Crippen LogP contribution in [0.15, 0.2) is 18.2 Å². The van der Waals surface area contributed by atoms with Gasteiger partial charge in [0.15, 0.2) is 0 Å². The summed E-state index contributed by atoms with van der Waals surface area (Å²) in [6.45, 7) is -0.131. The molecule has 0 atom stereocenters. The number of halogens is 1. The lowest BCUT2D eigenvalue weighted by Gasteiger charge is -2.07. The molecule has 100 valence electrons. The second kappa shape index (κ2) is 6.21. The van der Waals surface area contributed by atoms with E-state index in [1.165, 1.54) is 12.1 Å². The van der Waals surface area contributed by atoms with E-state index in [1.807, 2.05) is 0 Å². The quantitative estimate of drug-likeness (QED) is 0.715. The molecule has 19 heavy (non-hydrogen) atoms. The van der Waals surface area contributed by atoms with Crippen LogP contribution in [0.4, 0.5) is 9.18 Å². The predicted octanol–water partition coefficient (Wildman–Crippen LogP) is 1.13. The van der Waals surface area contributed by atoms with E-state index in [0.29, 0.717) is 11.1 Å². The van der Waals surface area contributed by atoms with Crippen LogP contribution < -0.4 is 10.6 Å². The fraction of sp³-hybridized carbons (Fsp3) is 0.357. The van der Waals surface area contributed by atoms with Crippen LogP contribution in [0, 0.1) is 17.7 Å². The number of amides is 2. The second-order valence-electron chi connectivity index (χ2n) is 4.37. The van der Waals surface area contributed by atoms with E-state index in [4.69, 9.17) is 5.11 Å². The highest BCUT2D eigenvalue weighted by molar-refractivity contribution is 5.74. The van der Waals surface area contributed by atoms with Crippen molar-refractivity contribution < 1.29 is 14.3 Å². The number of hydrogen-bond donors (Lipinski definition) is 3. The summed E-state index contributed by atoms with van der Waals surface area (Å²) in [6.07, 6.45) is 2.02. The molecule has 0 saturated heterocycles. The number of urea groups is 1. The third-order valence-corrected chi connectivity index (χ3v) is 2.71. The monoisotopic (exact) mass is 262 g/mol. The van der Waals surface area contributed by atoms with Gasteiger partial charge in [0.05, 0.1) is 0 Å². The minimum atomic E-state index is -0.388. The zero-order valence-electron chi connectivity index (χ0n) is 10.4. The summed E-state index contributed by atoms with van der Waals surface area (Å²) >= 11 is 0. The van der Waals surface area contributed by atoms with E-state index >= 15 is 0 Å². The third kappa shape index (κ3) is 4.27. The Kier molecular flexibility index (Phi) is 4.37. The van der Waals surface area contributed by atoms with Gasteiger partial charge in [-0.1, -0.05) is 11.8 Å². The Balaban J connectivity index is 1.95. The molecule has 5 heteroatoms. The summed E-state index contributed by atoms with van der Waals surface area (Å²) in [5.41, 5.74) is 0.977. The first-order valence-corrected chi connectivity index (χ1v) is 6.11. The number of hydrogen-bond acceptors (Lipinski definition) is 2. The highest BCUT2D eigenvalue weighted by atomic mass is 19.1. The highest BCUT2D eigenvalue weighted by Gasteiger charge is 2.22. The number of benzene rings is 1. The van der Waals surface area contributed by atoms with Gasteiger partial charge >= 0.3 is 6.03 Å². The van der Waals surface area contributed by atoms with Gasteiger partial charge in [0.2, 0.25) is 0 Å². The van der Waals surface area contributed by atoms with Gasteiger partial charge in [-0.2, -0.15) is 0 Å². The maximum absolute atomic E-state index is 13.5. The number of carbonyl (C=O) groups excluding carboxylic acids is 1. The molecular formula is C14H15FN2O2. The highest BCUT2D eigenvalue weighted by Crippen LogP contribution is 2.18. The average molecular weight is 262 g/mol. The summed E-state index contributed by atoms with van der Waals surface area (Å²) in [6, 6.07) is 4.39. The van der Waals surface area contributed by atoms with Crippen molar-refractivity contribution in [1.82, 2.24) is 10.6 Å². The molecule has 1 aromatic rings. The summed E-state index contributed by atoms with van der Waals surface area (Å²) in [4.78, 5) is 11.4. The van der Waals surface area contributed by atoms with E-state index in [-0.39, 0.29) is 31.0 Å². The van der Waals surface area contributed by atoms with E-state index in [1.54, 1.807) is 6.07 Å². The zero-order chi connectivity index (χ0) is 13.7. The van der Waals surface area contributed by atoms with Crippen LogP contribution in [0.25, 0.3) is 0 Å². The van der Waals surface area contributed by atoms with Gasteiger partial charge in [0, 0.05) is 23.7 Å². The molecular weight excluding hydrogens is 247 g/mol. The van der Waals surface area contributed by atoms with Crippen LogP contribution in [0.2, 0.25) is 0 Å². The van der Waals surface area contributed by atoms with Crippen LogP contribution >= 0.6 is 0 Å². The Morgan fingerprint density at radius 2 is 2.26 bits per heavy atom. The molecule has 2 amide bonds. The van der Waals surface area contributed by atoms with Crippen molar-refractivity contribution in [1.29, 1.82) is 0 Å². The molecule has 0 aromatic heterocycles. The second-order valence-corrected chi connectivity index (χ2v) is 4.37. The van der Waals surface area contributed by atoms with Crippen LogP contribution in [0.1, 0.15) is 24.0 Å². The van der Waals surface area contributed by atoms with Crippen molar-refractivity contribution in [3.8, 4) is 11.8 Å². The number of aliphatic hydroxyl groups is 1. The van der Waals surface area contributed by atoms with Crippen molar-refractivity contribution in [2.75, 3.05) is 6.61 Å². The largest absolute Gasteiger partial charge is 0.384 e. The van der Waals surface area contributed by atoms with Crippen molar-refractivity contribution in [3.05, 3.63) is 35.1 Å². The number of carbonyl (C=O) groups is 1. The van der Waals surface area contributed by atoms with Crippen LogP contribution in [0.5, 0.6) is 0 Å². The van der Waals surface area contributed by atoms with E-state index < -0.39 is 0 Å². The summed E-state index contributed by atoms with van der Waals surface area (Å²) in [5, 5.41) is 14.0. The first-order valence-electron chi connectivity index (χ1n) is 6.11. The molecule has 1 aliphatic rings. The molecule has 1 aromatic carbocycles. The summed E-state index contributed by atoms with van der Waals surface area (Å²) in [5.74, 6) is 4.80. The molecule has 0 aliphatic heterocycles. The van der Waals surface area contributed by atoms with Gasteiger partial charge in [-0.3, -0.25) is 0 Å². The van der Waals surface area contributed by atoms with Crippen LogP contribution in [0.3, 0.4) is 0 Å². The first-order chi connectivity index (χ1) is 9.19. The van der Waals surface area contributed by atoms with Gasteiger partial charge in [0.1, 0.15) is 12.4 Å². The fourth-order valence-electron chi connectivity index (χ4n) is 1.57. The van der Waals surface area contributed by atoms with Crippen molar-refractivity contribution >= 4 is 6.03 Å². The minimum Gasteiger partial charge on any atom is -0.384 e. The molecule has 3 N–H and O–H groups in total. The molecule has 0 bridgehead atoms. The SMILES string of the molecule is O=C(NCc1cc(C#CCO)ccc1F)NC1CC1. The van der Waals surface area contributed by atoms with E-state index in [0.717, 1.165) is 12.8 Å². The molecule has 0 spiro atoms. The zero-order valence-corrected chi connectivity index (χ0v) is 10.4. The maximum atomic E-state index is 13.5. The Labute approximate surface area is 111 Å². The molecule has 0 heterocycles. The molecule has 2 rings (SSSR count). The number of nitrogens with one attached hydrogen (secondary N) is 2. The van der Waals surface area contributed by atoms with Crippen molar-refractivity contribution in [2.24, 2.45) is 0 Å².